The van der Waals surface area contributed by atoms with Gasteiger partial charge in [-0.2, -0.15) is 0 Å². The molecule has 0 aliphatic carbocycles. The lowest BCUT2D eigenvalue weighted by molar-refractivity contribution is 0.0651. The highest BCUT2D eigenvalue weighted by Crippen LogP contribution is 2.07. The van der Waals surface area contributed by atoms with Gasteiger partial charge in [-0.05, 0) is 25.2 Å². The summed E-state index contributed by atoms with van der Waals surface area (Å²) in [4.78, 5) is 20.9. The molecule has 0 spiro atoms. The Morgan fingerprint density at radius 1 is 1.00 bits per heavy atom. The minimum absolute atomic E-state index is 0. The number of nitrogens with one attached hydrogen (secondary N) is 1. The van der Waals surface area contributed by atoms with Crippen LogP contribution in [0.5, 0.6) is 0 Å². The lowest BCUT2D eigenvalue weighted by Crippen LogP contribution is -2.09. The molecule has 6 heteroatoms. The first-order chi connectivity index (χ1) is 8.04. The highest BCUT2D eigenvalue weighted by Gasteiger charge is 2.13. The number of carboxylic acids is 2. The van der Waals surface area contributed by atoms with Gasteiger partial charge in [0.05, 0.1) is 11.1 Å². The van der Waals surface area contributed by atoms with E-state index in [1.165, 1.54) is 24.3 Å². The van der Waals surface area contributed by atoms with E-state index in [1.54, 1.807) is 0 Å². The van der Waals surface area contributed by atoms with Crippen molar-refractivity contribution in [1.29, 1.82) is 0 Å². The van der Waals surface area contributed by atoms with Gasteiger partial charge in [0.1, 0.15) is 0 Å². The monoisotopic (exact) mass is 256 g/mol. The van der Waals surface area contributed by atoms with Crippen LogP contribution in [0.15, 0.2) is 24.3 Å². The fourth-order valence-electron chi connectivity index (χ4n) is 1.11. The summed E-state index contributed by atoms with van der Waals surface area (Å²) in [6.45, 7) is 6.39. The van der Waals surface area contributed by atoms with E-state index in [4.69, 9.17) is 10.2 Å². The zero-order chi connectivity index (χ0) is 13.3. The van der Waals surface area contributed by atoms with Crippen molar-refractivity contribution in [2.24, 2.45) is 0 Å². The summed E-state index contributed by atoms with van der Waals surface area (Å²) in [6, 6.07) is 5.48. The molecule has 18 heavy (non-hydrogen) atoms. The SMILES string of the molecule is CCNCC.N.O=C(O)c1ccccc1C(=O)O. The molecule has 0 bridgehead atoms. The zero-order valence-electron chi connectivity index (χ0n) is 10.6. The van der Waals surface area contributed by atoms with E-state index in [0.29, 0.717) is 0 Å². The Morgan fingerprint density at radius 2 is 1.33 bits per heavy atom. The standard InChI is InChI=1S/C8H6O4.C4H11N.H3N/c9-7(10)5-3-1-2-4-6(5)8(11)12;1-3-5-4-2;/h1-4H,(H,9,10)(H,11,12);5H,3-4H2,1-2H3;1H3. The predicted molar refractivity (Wildman–Crippen MR) is 69.6 cm³/mol. The maximum atomic E-state index is 10.5. The molecule has 0 aliphatic heterocycles. The van der Waals surface area contributed by atoms with Gasteiger partial charge in [-0.1, -0.05) is 26.0 Å². The van der Waals surface area contributed by atoms with Gasteiger partial charge >= 0.3 is 11.9 Å². The average Bonchev–Trinajstić information content (AvgIpc) is 2.30. The Kier molecular flexibility index (Phi) is 10.5. The van der Waals surface area contributed by atoms with Crippen molar-refractivity contribution in [2.45, 2.75) is 13.8 Å². The van der Waals surface area contributed by atoms with Crippen molar-refractivity contribution in [3.05, 3.63) is 35.4 Å². The number of rotatable bonds is 4. The maximum Gasteiger partial charge on any atom is 0.336 e. The minimum atomic E-state index is -1.23. The van der Waals surface area contributed by atoms with Crippen molar-refractivity contribution < 1.29 is 19.8 Å². The lowest BCUT2D eigenvalue weighted by atomic mass is 10.1. The molecule has 0 saturated heterocycles. The first kappa shape index (κ1) is 18.4. The molecule has 0 unspecified atom stereocenters. The molecule has 1 aromatic carbocycles. The topological polar surface area (TPSA) is 122 Å². The Morgan fingerprint density at radius 3 is 1.50 bits per heavy atom. The van der Waals surface area contributed by atoms with Crippen molar-refractivity contribution >= 4 is 11.9 Å². The Balaban J connectivity index is 0. The van der Waals surface area contributed by atoms with E-state index in [1.807, 2.05) is 0 Å². The molecule has 0 saturated carbocycles. The second kappa shape index (κ2) is 10.2. The third-order valence-corrected chi connectivity index (χ3v) is 1.89. The molecule has 0 amide bonds. The number of hydrogen-bond donors (Lipinski definition) is 4. The van der Waals surface area contributed by atoms with Crippen LogP contribution >= 0.6 is 0 Å². The summed E-state index contributed by atoms with van der Waals surface area (Å²) in [5.74, 6) is -2.46. The van der Waals surface area contributed by atoms with E-state index in [2.05, 4.69) is 19.2 Å². The van der Waals surface area contributed by atoms with Crippen LogP contribution in [-0.2, 0) is 0 Å². The quantitative estimate of drug-likeness (QED) is 0.652. The molecule has 1 aromatic rings. The Hall–Kier alpha value is -1.92. The molecule has 0 radical (unpaired) electrons. The lowest BCUT2D eigenvalue weighted by Gasteiger charge is -1.98. The van der Waals surface area contributed by atoms with Crippen molar-refractivity contribution in [2.75, 3.05) is 13.1 Å². The molecule has 0 fully saturated rings. The van der Waals surface area contributed by atoms with Crippen LogP contribution in [0.25, 0.3) is 0 Å². The smallest absolute Gasteiger partial charge is 0.336 e. The molecule has 6 nitrogen and oxygen atoms in total. The molecular formula is C12H20N2O4. The summed E-state index contributed by atoms with van der Waals surface area (Å²) >= 11 is 0. The van der Waals surface area contributed by atoms with Crippen LogP contribution in [0, 0.1) is 0 Å². The molecule has 0 atom stereocenters. The predicted octanol–water partition coefficient (Wildman–Crippen LogP) is 1.86. The fraction of sp³-hybridized carbons (Fsp3) is 0.333. The van der Waals surface area contributed by atoms with Crippen LogP contribution in [0.1, 0.15) is 34.6 Å². The van der Waals surface area contributed by atoms with Crippen LogP contribution in [0.2, 0.25) is 0 Å². The zero-order valence-corrected chi connectivity index (χ0v) is 10.6. The highest BCUT2D eigenvalue weighted by molar-refractivity contribution is 6.01. The first-order valence-corrected chi connectivity index (χ1v) is 5.30. The van der Waals surface area contributed by atoms with E-state index >= 15 is 0 Å². The summed E-state index contributed by atoms with van der Waals surface area (Å²) in [6.07, 6.45) is 0. The van der Waals surface area contributed by atoms with Crippen molar-refractivity contribution in [3.8, 4) is 0 Å². The summed E-state index contributed by atoms with van der Waals surface area (Å²) < 4.78 is 0. The molecule has 6 N–H and O–H groups in total. The third kappa shape index (κ3) is 6.62. The Bertz CT molecular complexity index is 345. The normalized spacial score (nSPS) is 8.56. The van der Waals surface area contributed by atoms with Crippen molar-refractivity contribution in [3.63, 3.8) is 0 Å². The van der Waals surface area contributed by atoms with Gasteiger partial charge in [0.15, 0.2) is 0 Å². The summed E-state index contributed by atoms with van der Waals surface area (Å²) in [5.41, 5.74) is -0.380. The maximum absolute atomic E-state index is 10.5. The van der Waals surface area contributed by atoms with E-state index in [-0.39, 0.29) is 17.3 Å². The first-order valence-electron chi connectivity index (χ1n) is 5.30. The molecule has 1 rings (SSSR count). The summed E-state index contributed by atoms with van der Waals surface area (Å²) in [5, 5.41) is 20.2. The molecular weight excluding hydrogens is 236 g/mol. The number of hydrogen-bond acceptors (Lipinski definition) is 4. The van der Waals surface area contributed by atoms with Crippen LogP contribution in [-0.4, -0.2) is 35.2 Å². The van der Waals surface area contributed by atoms with E-state index in [0.717, 1.165) is 13.1 Å². The number of benzene rings is 1. The minimum Gasteiger partial charge on any atom is -0.478 e. The molecule has 0 aliphatic rings. The molecule has 0 heterocycles. The summed E-state index contributed by atoms with van der Waals surface area (Å²) in [7, 11) is 0. The van der Waals surface area contributed by atoms with Gasteiger partial charge < -0.3 is 21.7 Å². The van der Waals surface area contributed by atoms with Gasteiger partial charge in [-0.3, -0.25) is 0 Å². The average molecular weight is 256 g/mol. The second-order valence-electron chi connectivity index (χ2n) is 3.11. The molecule has 102 valence electrons. The van der Waals surface area contributed by atoms with Crippen molar-refractivity contribution in [1.82, 2.24) is 11.5 Å². The van der Waals surface area contributed by atoms with Gasteiger partial charge in [0, 0.05) is 0 Å². The highest BCUT2D eigenvalue weighted by atomic mass is 16.4. The third-order valence-electron chi connectivity index (χ3n) is 1.89. The van der Waals surface area contributed by atoms with Gasteiger partial charge in [-0.15, -0.1) is 0 Å². The molecule has 0 aromatic heterocycles. The van der Waals surface area contributed by atoms with Crippen LogP contribution in [0.3, 0.4) is 0 Å². The van der Waals surface area contributed by atoms with Crippen LogP contribution in [0.4, 0.5) is 0 Å². The largest absolute Gasteiger partial charge is 0.478 e. The van der Waals surface area contributed by atoms with Gasteiger partial charge in [0.25, 0.3) is 0 Å². The van der Waals surface area contributed by atoms with E-state index < -0.39 is 11.9 Å². The van der Waals surface area contributed by atoms with Crippen LogP contribution < -0.4 is 11.5 Å². The second-order valence-corrected chi connectivity index (χ2v) is 3.11. The fourth-order valence-corrected chi connectivity index (χ4v) is 1.11. The number of carbonyl (C=O) groups is 2. The Labute approximate surface area is 106 Å². The van der Waals surface area contributed by atoms with Gasteiger partial charge in [0.2, 0.25) is 0 Å². The van der Waals surface area contributed by atoms with Gasteiger partial charge in [-0.25, -0.2) is 9.59 Å². The van der Waals surface area contributed by atoms with E-state index in [9.17, 15) is 9.59 Å². The number of carboxylic acid groups (broad SMARTS) is 2. The number of aromatic carboxylic acids is 2.